The summed E-state index contributed by atoms with van der Waals surface area (Å²) >= 11 is 0. The minimum atomic E-state index is -3.45. The van der Waals surface area contributed by atoms with E-state index in [0.717, 1.165) is 16.7 Å². The Balaban J connectivity index is 2.08. The number of hydrogen-bond acceptors (Lipinski definition) is 2. The van der Waals surface area contributed by atoms with E-state index in [1.807, 2.05) is 25.1 Å². The molecule has 1 atom stereocenters. The third-order valence-corrected chi connectivity index (χ3v) is 4.59. The highest BCUT2D eigenvalue weighted by Crippen LogP contribution is 2.16. The normalized spacial score (nSPS) is 13.1. The number of benzene rings is 2. The first-order valence-electron chi connectivity index (χ1n) is 6.67. The first-order chi connectivity index (χ1) is 9.85. The van der Waals surface area contributed by atoms with Gasteiger partial charge in [0, 0.05) is 6.04 Å². The molecule has 21 heavy (non-hydrogen) atoms. The average Bonchev–Trinajstić information content (AvgIpc) is 2.38. The number of rotatable bonds is 5. The first kappa shape index (κ1) is 15.7. The summed E-state index contributed by atoms with van der Waals surface area (Å²) in [7, 11) is -3.45. The van der Waals surface area contributed by atoms with Crippen LogP contribution < -0.4 is 4.72 Å². The van der Waals surface area contributed by atoms with Gasteiger partial charge in [-0.2, -0.15) is 0 Å². The van der Waals surface area contributed by atoms with E-state index >= 15 is 0 Å². The van der Waals surface area contributed by atoms with Crippen molar-refractivity contribution >= 4 is 10.0 Å². The summed E-state index contributed by atoms with van der Waals surface area (Å²) in [6.45, 7) is 3.66. The molecular weight excluding hydrogens is 289 g/mol. The highest BCUT2D eigenvalue weighted by molar-refractivity contribution is 7.88. The van der Waals surface area contributed by atoms with Gasteiger partial charge in [-0.3, -0.25) is 0 Å². The van der Waals surface area contributed by atoms with Crippen molar-refractivity contribution in [1.82, 2.24) is 4.72 Å². The Hall–Kier alpha value is -1.72. The summed E-state index contributed by atoms with van der Waals surface area (Å²) in [6.07, 6.45) is 0. The summed E-state index contributed by atoms with van der Waals surface area (Å²) < 4.78 is 39.8. The van der Waals surface area contributed by atoms with Crippen LogP contribution in [0.5, 0.6) is 0 Å². The van der Waals surface area contributed by atoms with Crippen molar-refractivity contribution < 1.29 is 12.8 Å². The highest BCUT2D eigenvalue weighted by atomic mass is 32.2. The Labute approximate surface area is 124 Å². The SMILES string of the molecule is Cc1cccc(CS(=O)(=O)N[C@@H](C)c2ccc(F)cc2)c1. The van der Waals surface area contributed by atoms with E-state index < -0.39 is 16.1 Å². The van der Waals surface area contributed by atoms with Crippen molar-refractivity contribution in [2.75, 3.05) is 0 Å². The Morgan fingerprint density at radius 1 is 1.14 bits per heavy atom. The molecule has 0 spiro atoms. The summed E-state index contributed by atoms with van der Waals surface area (Å²) in [5, 5.41) is 0. The quantitative estimate of drug-likeness (QED) is 0.921. The van der Waals surface area contributed by atoms with E-state index in [4.69, 9.17) is 0 Å². The van der Waals surface area contributed by atoms with Gasteiger partial charge in [-0.15, -0.1) is 0 Å². The molecule has 0 saturated heterocycles. The zero-order chi connectivity index (χ0) is 15.5. The number of hydrogen-bond donors (Lipinski definition) is 1. The molecular formula is C16H18FNO2S. The minimum Gasteiger partial charge on any atom is -0.212 e. The van der Waals surface area contributed by atoms with Gasteiger partial charge in [0.2, 0.25) is 10.0 Å². The molecule has 3 nitrogen and oxygen atoms in total. The van der Waals surface area contributed by atoms with E-state index in [1.165, 1.54) is 12.1 Å². The van der Waals surface area contributed by atoms with E-state index in [-0.39, 0.29) is 11.6 Å². The van der Waals surface area contributed by atoms with Crippen LogP contribution in [-0.4, -0.2) is 8.42 Å². The number of sulfonamides is 1. The smallest absolute Gasteiger partial charge is 0.212 e. The van der Waals surface area contributed by atoms with Gasteiger partial charge in [0.05, 0.1) is 5.75 Å². The summed E-state index contributed by atoms with van der Waals surface area (Å²) in [4.78, 5) is 0. The van der Waals surface area contributed by atoms with Crippen molar-refractivity contribution in [3.63, 3.8) is 0 Å². The van der Waals surface area contributed by atoms with Gasteiger partial charge in [-0.05, 0) is 37.1 Å². The Bertz CT molecular complexity index is 711. The molecule has 0 unspecified atom stereocenters. The van der Waals surface area contributed by atoms with Gasteiger partial charge in [0.15, 0.2) is 0 Å². The zero-order valence-corrected chi connectivity index (χ0v) is 12.8. The monoisotopic (exact) mass is 307 g/mol. The van der Waals surface area contributed by atoms with Crippen molar-refractivity contribution in [3.05, 3.63) is 71.0 Å². The highest BCUT2D eigenvalue weighted by Gasteiger charge is 2.16. The summed E-state index contributed by atoms with van der Waals surface area (Å²) in [5.74, 6) is -0.409. The Kier molecular flexibility index (Phi) is 4.75. The van der Waals surface area contributed by atoms with Crippen molar-refractivity contribution in [1.29, 1.82) is 0 Å². The van der Waals surface area contributed by atoms with Gasteiger partial charge < -0.3 is 0 Å². The second kappa shape index (κ2) is 6.37. The number of halogens is 1. The van der Waals surface area contributed by atoms with E-state index in [0.29, 0.717) is 0 Å². The molecule has 0 amide bonds. The zero-order valence-electron chi connectivity index (χ0n) is 12.0. The van der Waals surface area contributed by atoms with Gasteiger partial charge in [0.1, 0.15) is 5.82 Å². The molecule has 112 valence electrons. The van der Waals surface area contributed by atoms with Crippen LogP contribution in [0.15, 0.2) is 48.5 Å². The molecule has 0 saturated carbocycles. The van der Waals surface area contributed by atoms with Crippen LogP contribution in [0.4, 0.5) is 4.39 Å². The third kappa shape index (κ3) is 4.65. The molecule has 0 heterocycles. The second-order valence-corrected chi connectivity index (χ2v) is 6.89. The van der Waals surface area contributed by atoms with Crippen LogP contribution in [0.2, 0.25) is 0 Å². The lowest BCUT2D eigenvalue weighted by molar-refractivity contribution is 0.565. The van der Waals surface area contributed by atoms with Crippen LogP contribution in [0.25, 0.3) is 0 Å². The van der Waals surface area contributed by atoms with Gasteiger partial charge >= 0.3 is 0 Å². The predicted octanol–water partition coefficient (Wildman–Crippen LogP) is 3.31. The number of aryl methyl sites for hydroxylation is 1. The summed E-state index contributed by atoms with van der Waals surface area (Å²) in [6, 6.07) is 12.8. The van der Waals surface area contributed by atoms with Gasteiger partial charge in [0.25, 0.3) is 0 Å². The van der Waals surface area contributed by atoms with Crippen LogP contribution in [0, 0.1) is 12.7 Å². The lowest BCUT2D eigenvalue weighted by Gasteiger charge is -2.15. The molecule has 0 bridgehead atoms. The lowest BCUT2D eigenvalue weighted by atomic mass is 10.1. The fraction of sp³-hybridized carbons (Fsp3) is 0.250. The largest absolute Gasteiger partial charge is 0.216 e. The molecule has 0 aliphatic heterocycles. The molecule has 2 aromatic carbocycles. The van der Waals surface area contributed by atoms with E-state index in [1.54, 1.807) is 25.1 Å². The van der Waals surface area contributed by atoms with Gasteiger partial charge in [-0.25, -0.2) is 17.5 Å². The fourth-order valence-electron chi connectivity index (χ4n) is 2.15. The second-order valence-electron chi connectivity index (χ2n) is 5.14. The Morgan fingerprint density at radius 3 is 2.43 bits per heavy atom. The van der Waals surface area contributed by atoms with E-state index in [2.05, 4.69) is 4.72 Å². The molecule has 2 rings (SSSR count). The molecule has 0 radical (unpaired) electrons. The lowest BCUT2D eigenvalue weighted by Crippen LogP contribution is -2.28. The van der Waals surface area contributed by atoms with Crippen LogP contribution in [0.1, 0.15) is 29.7 Å². The standard InChI is InChI=1S/C16H18FNO2S/c1-12-4-3-5-14(10-12)11-21(19,20)18-13(2)15-6-8-16(17)9-7-15/h3-10,13,18H,11H2,1-2H3/t13-/m0/s1. The maximum atomic E-state index is 12.9. The molecule has 1 N–H and O–H groups in total. The topological polar surface area (TPSA) is 46.2 Å². The Morgan fingerprint density at radius 2 is 1.81 bits per heavy atom. The van der Waals surface area contributed by atoms with Crippen LogP contribution in [0.3, 0.4) is 0 Å². The minimum absolute atomic E-state index is 0.0692. The van der Waals surface area contributed by atoms with Gasteiger partial charge in [-0.1, -0.05) is 42.0 Å². The predicted molar refractivity (Wildman–Crippen MR) is 81.8 cm³/mol. The molecule has 0 fully saturated rings. The molecule has 5 heteroatoms. The first-order valence-corrected chi connectivity index (χ1v) is 8.32. The van der Waals surface area contributed by atoms with Crippen molar-refractivity contribution in [2.24, 2.45) is 0 Å². The maximum Gasteiger partial charge on any atom is 0.216 e. The average molecular weight is 307 g/mol. The van der Waals surface area contributed by atoms with Crippen molar-refractivity contribution in [3.8, 4) is 0 Å². The molecule has 0 aliphatic carbocycles. The summed E-state index contributed by atoms with van der Waals surface area (Å²) in [5.41, 5.74) is 2.49. The van der Waals surface area contributed by atoms with Crippen LogP contribution >= 0.6 is 0 Å². The van der Waals surface area contributed by atoms with Crippen molar-refractivity contribution in [2.45, 2.75) is 25.6 Å². The third-order valence-electron chi connectivity index (χ3n) is 3.17. The molecule has 0 aliphatic rings. The number of nitrogens with one attached hydrogen (secondary N) is 1. The maximum absolute atomic E-state index is 12.9. The molecule has 0 aromatic heterocycles. The fourth-order valence-corrected chi connectivity index (χ4v) is 3.53. The van der Waals surface area contributed by atoms with E-state index in [9.17, 15) is 12.8 Å². The van der Waals surface area contributed by atoms with Crippen LogP contribution in [-0.2, 0) is 15.8 Å². The molecule has 2 aromatic rings.